The van der Waals surface area contributed by atoms with E-state index < -0.39 is 5.97 Å². The van der Waals surface area contributed by atoms with E-state index in [0.717, 1.165) is 6.92 Å². The fourth-order valence-corrected chi connectivity index (χ4v) is 0.671. The van der Waals surface area contributed by atoms with Crippen molar-refractivity contribution in [3.63, 3.8) is 0 Å². The van der Waals surface area contributed by atoms with Gasteiger partial charge in [0.2, 0.25) is 0 Å². The largest absolute Gasteiger partial charge is 0.481 e. The van der Waals surface area contributed by atoms with Gasteiger partial charge >= 0.3 is 0 Å². The molecule has 92 valence electrons. The number of nitriles is 1. The molecule has 0 unspecified atom stereocenters. The molecule has 0 aliphatic carbocycles. The molecule has 0 atom stereocenters. The zero-order chi connectivity index (χ0) is 12.0. The second-order valence-electron chi connectivity index (χ2n) is 2.36. The minimum absolute atomic E-state index is 0. The molecule has 0 aliphatic rings. The van der Waals surface area contributed by atoms with Gasteiger partial charge in [-0.1, -0.05) is 20.8 Å². The lowest BCUT2D eigenvalue weighted by molar-refractivity contribution is -0.134. The third-order valence-corrected chi connectivity index (χ3v) is 1.34. The van der Waals surface area contributed by atoms with Gasteiger partial charge in [-0.3, -0.25) is 4.79 Å². The maximum absolute atomic E-state index is 9.00. The number of carboxylic acids is 1. The molecular weight excluding hydrogens is 194 g/mol. The van der Waals surface area contributed by atoms with E-state index in [2.05, 4.69) is 25.7 Å². The molecular formula is C10H25N3O2. The van der Waals surface area contributed by atoms with Crippen molar-refractivity contribution in [1.82, 2.24) is 11.1 Å². The molecule has 0 aromatic rings. The third-order valence-electron chi connectivity index (χ3n) is 1.34. The predicted octanol–water partition coefficient (Wildman–Crippen LogP) is 2.13. The lowest BCUT2D eigenvalue weighted by Gasteiger charge is -2.13. The van der Waals surface area contributed by atoms with Crippen molar-refractivity contribution in [3.8, 4) is 6.07 Å². The van der Waals surface area contributed by atoms with Gasteiger partial charge in [-0.05, 0) is 19.6 Å². The average Bonchev–Trinajstić information content (AvgIpc) is 2.08. The molecule has 0 spiro atoms. The SMILES string of the molecule is CC#N.CC(=O)O.CCN(CC)CC.N. The van der Waals surface area contributed by atoms with Crippen LogP contribution < -0.4 is 6.15 Å². The Morgan fingerprint density at radius 3 is 1.40 bits per heavy atom. The third kappa shape index (κ3) is 64.0. The van der Waals surface area contributed by atoms with Crippen molar-refractivity contribution in [2.45, 2.75) is 34.6 Å². The first-order chi connectivity index (χ1) is 6.49. The maximum Gasteiger partial charge on any atom is 0.300 e. The van der Waals surface area contributed by atoms with E-state index in [1.807, 2.05) is 0 Å². The summed E-state index contributed by atoms with van der Waals surface area (Å²) < 4.78 is 0. The van der Waals surface area contributed by atoms with Crippen molar-refractivity contribution >= 4 is 5.97 Å². The summed E-state index contributed by atoms with van der Waals surface area (Å²) >= 11 is 0. The van der Waals surface area contributed by atoms with Gasteiger partial charge in [0, 0.05) is 13.8 Å². The summed E-state index contributed by atoms with van der Waals surface area (Å²) in [6.45, 7) is 12.6. The molecule has 5 heteroatoms. The Morgan fingerprint density at radius 2 is 1.40 bits per heavy atom. The Balaban J connectivity index is -0.0000000654. The van der Waals surface area contributed by atoms with E-state index >= 15 is 0 Å². The number of hydrogen-bond donors (Lipinski definition) is 2. The molecule has 0 aromatic carbocycles. The molecule has 5 nitrogen and oxygen atoms in total. The van der Waals surface area contributed by atoms with Crippen LogP contribution in [0.4, 0.5) is 0 Å². The average molecular weight is 219 g/mol. The van der Waals surface area contributed by atoms with E-state index in [1.165, 1.54) is 26.6 Å². The Labute approximate surface area is 93.3 Å². The normalized spacial score (nSPS) is 7.00. The zero-order valence-electron chi connectivity index (χ0n) is 10.6. The monoisotopic (exact) mass is 219 g/mol. The smallest absolute Gasteiger partial charge is 0.300 e. The van der Waals surface area contributed by atoms with Crippen LogP contribution in [0.3, 0.4) is 0 Å². The molecule has 0 saturated heterocycles. The Bertz CT molecular complexity index is 142. The molecule has 0 heterocycles. The van der Waals surface area contributed by atoms with Crippen LogP contribution in [0.5, 0.6) is 0 Å². The second kappa shape index (κ2) is 23.1. The lowest BCUT2D eigenvalue weighted by Crippen LogP contribution is -2.21. The summed E-state index contributed by atoms with van der Waals surface area (Å²) in [7, 11) is 0. The van der Waals surface area contributed by atoms with Gasteiger partial charge in [-0.2, -0.15) is 5.26 Å². The van der Waals surface area contributed by atoms with E-state index in [0.29, 0.717) is 0 Å². The lowest BCUT2D eigenvalue weighted by atomic mass is 10.5. The first kappa shape index (κ1) is 23.6. The van der Waals surface area contributed by atoms with Gasteiger partial charge in [0.05, 0.1) is 6.07 Å². The van der Waals surface area contributed by atoms with E-state index in [-0.39, 0.29) is 6.15 Å². The number of nitrogens with zero attached hydrogens (tertiary/aromatic N) is 2. The van der Waals surface area contributed by atoms with Crippen LogP contribution in [-0.4, -0.2) is 35.6 Å². The fourth-order valence-electron chi connectivity index (χ4n) is 0.671. The van der Waals surface area contributed by atoms with Crippen LogP contribution in [0.25, 0.3) is 0 Å². The highest BCUT2D eigenvalue weighted by atomic mass is 16.4. The number of carboxylic acid groups (broad SMARTS) is 1. The maximum atomic E-state index is 9.00. The van der Waals surface area contributed by atoms with Crippen molar-refractivity contribution < 1.29 is 9.90 Å². The van der Waals surface area contributed by atoms with Gasteiger partial charge in [0.15, 0.2) is 0 Å². The molecule has 0 rings (SSSR count). The van der Waals surface area contributed by atoms with E-state index in [4.69, 9.17) is 15.2 Å². The molecule has 0 bridgehead atoms. The van der Waals surface area contributed by atoms with Crippen molar-refractivity contribution in [2.24, 2.45) is 0 Å². The molecule has 4 N–H and O–H groups in total. The highest BCUT2D eigenvalue weighted by Gasteiger charge is 1.89. The Morgan fingerprint density at radius 1 is 1.27 bits per heavy atom. The fraction of sp³-hybridized carbons (Fsp3) is 0.800. The van der Waals surface area contributed by atoms with Crippen molar-refractivity contribution in [2.75, 3.05) is 19.6 Å². The van der Waals surface area contributed by atoms with Crippen molar-refractivity contribution in [1.29, 1.82) is 5.26 Å². The highest BCUT2D eigenvalue weighted by molar-refractivity contribution is 5.62. The number of hydrogen-bond acceptors (Lipinski definition) is 4. The first-order valence-corrected chi connectivity index (χ1v) is 4.72. The topological polar surface area (TPSA) is 99.3 Å². The van der Waals surface area contributed by atoms with Crippen molar-refractivity contribution in [3.05, 3.63) is 0 Å². The highest BCUT2D eigenvalue weighted by Crippen LogP contribution is 1.81. The molecule has 0 aliphatic heterocycles. The second-order valence-corrected chi connectivity index (χ2v) is 2.36. The van der Waals surface area contributed by atoms with Gasteiger partial charge in [-0.25, -0.2) is 0 Å². The summed E-state index contributed by atoms with van der Waals surface area (Å²) in [5, 5.41) is 14.7. The summed E-state index contributed by atoms with van der Waals surface area (Å²) in [5.41, 5.74) is 0. The van der Waals surface area contributed by atoms with E-state index in [1.54, 1.807) is 6.07 Å². The molecule has 0 aromatic heterocycles. The summed E-state index contributed by atoms with van der Waals surface area (Å²) in [6.07, 6.45) is 0. The molecule has 0 fully saturated rings. The Hall–Kier alpha value is -1.12. The number of aliphatic carboxylic acids is 1. The summed E-state index contributed by atoms with van der Waals surface area (Å²) in [4.78, 5) is 11.4. The molecule has 0 saturated carbocycles. The summed E-state index contributed by atoms with van der Waals surface area (Å²) in [5.74, 6) is -0.833. The summed E-state index contributed by atoms with van der Waals surface area (Å²) in [6, 6.07) is 1.75. The minimum Gasteiger partial charge on any atom is -0.481 e. The van der Waals surface area contributed by atoms with Crippen LogP contribution in [0.2, 0.25) is 0 Å². The number of rotatable bonds is 3. The van der Waals surface area contributed by atoms with Crippen LogP contribution >= 0.6 is 0 Å². The predicted molar refractivity (Wildman–Crippen MR) is 63.1 cm³/mol. The first-order valence-electron chi connectivity index (χ1n) is 4.72. The molecule has 0 amide bonds. The zero-order valence-corrected chi connectivity index (χ0v) is 10.6. The number of carbonyl (C=O) groups is 1. The van der Waals surface area contributed by atoms with Crippen LogP contribution in [0.1, 0.15) is 34.6 Å². The van der Waals surface area contributed by atoms with Gasteiger partial charge in [0.1, 0.15) is 0 Å². The van der Waals surface area contributed by atoms with Gasteiger partial charge in [0.25, 0.3) is 5.97 Å². The van der Waals surface area contributed by atoms with Gasteiger partial charge < -0.3 is 16.2 Å². The van der Waals surface area contributed by atoms with Gasteiger partial charge in [-0.15, -0.1) is 0 Å². The minimum atomic E-state index is -0.833. The van der Waals surface area contributed by atoms with Crippen LogP contribution in [0, 0.1) is 11.3 Å². The van der Waals surface area contributed by atoms with Crippen LogP contribution in [-0.2, 0) is 4.79 Å². The van der Waals surface area contributed by atoms with E-state index in [9.17, 15) is 0 Å². The standard InChI is InChI=1S/C6H15N.C2H3N.C2H4O2.H3N/c1-4-7(5-2)6-3;1-2-3;1-2(3)4;/h4-6H2,1-3H3;1H3;1H3,(H,3,4);1H3. The molecule has 15 heavy (non-hydrogen) atoms. The quantitative estimate of drug-likeness (QED) is 0.757. The molecule has 0 radical (unpaired) electrons. The Kier molecular flexibility index (Phi) is 36.3. The van der Waals surface area contributed by atoms with Crippen LogP contribution in [0.15, 0.2) is 0 Å².